The highest BCUT2D eigenvalue weighted by Crippen LogP contribution is 2.25. The monoisotopic (exact) mass is 287 g/mol. The molecule has 3 heteroatoms. The number of ether oxygens (including phenoxy) is 1. The first-order valence-electron chi connectivity index (χ1n) is 7.56. The van der Waals surface area contributed by atoms with Crippen molar-refractivity contribution in [3.05, 3.63) is 47.9 Å². The van der Waals surface area contributed by atoms with Gasteiger partial charge in [0.1, 0.15) is 11.6 Å². The van der Waals surface area contributed by atoms with Gasteiger partial charge in [-0.15, -0.1) is 0 Å². The van der Waals surface area contributed by atoms with Crippen molar-refractivity contribution in [2.24, 2.45) is 0 Å². The lowest BCUT2D eigenvalue weighted by Gasteiger charge is -2.08. The molecule has 2 nitrogen and oxygen atoms in total. The van der Waals surface area contributed by atoms with Crippen molar-refractivity contribution in [3.63, 3.8) is 0 Å². The molecule has 1 aromatic carbocycles. The lowest BCUT2D eigenvalue weighted by atomic mass is 10.1. The summed E-state index contributed by atoms with van der Waals surface area (Å²) >= 11 is 0. The molecule has 0 N–H and O–H groups in total. The van der Waals surface area contributed by atoms with Gasteiger partial charge < -0.3 is 4.74 Å². The van der Waals surface area contributed by atoms with Crippen LogP contribution in [-0.4, -0.2) is 11.6 Å². The average molecular weight is 287 g/mol. The Labute approximate surface area is 126 Å². The maximum Gasteiger partial charge on any atom is 0.136 e. The van der Waals surface area contributed by atoms with Crippen LogP contribution in [0.2, 0.25) is 0 Å². The molecule has 0 aliphatic rings. The average Bonchev–Trinajstić information content (AvgIpc) is 2.48. The van der Waals surface area contributed by atoms with Crippen LogP contribution in [0.1, 0.15) is 38.2 Å². The fourth-order valence-corrected chi connectivity index (χ4v) is 2.14. The molecule has 0 spiro atoms. The van der Waals surface area contributed by atoms with Crippen LogP contribution in [0.5, 0.6) is 5.75 Å². The molecule has 0 aliphatic heterocycles. The van der Waals surface area contributed by atoms with E-state index in [0.29, 0.717) is 23.6 Å². The quantitative estimate of drug-likeness (QED) is 0.657. The number of rotatable bonds is 7. The number of hydrogen-bond donors (Lipinski definition) is 0. The Bertz CT molecular complexity index is 566. The molecule has 0 saturated heterocycles. The van der Waals surface area contributed by atoms with Crippen LogP contribution in [0, 0.1) is 12.7 Å². The number of pyridine rings is 1. The first kappa shape index (κ1) is 15.5. The summed E-state index contributed by atoms with van der Waals surface area (Å²) in [6.07, 6.45) is 6.33. The summed E-state index contributed by atoms with van der Waals surface area (Å²) in [6, 6.07) is 8.74. The molecule has 1 aromatic heterocycles. The lowest BCUT2D eigenvalue weighted by molar-refractivity contribution is 0.303. The summed E-state index contributed by atoms with van der Waals surface area (Å²) in [4.78, 5) is 4.25. The van der Waals surface area contributed by atoms with E-state index in [1.165, 1.54) is 18.9 Å². The minimum atomic E-state index is -0.294. The molecule has 0 unspecified atom stereocenters. The number of halogens is 1. The second kappa shape index (κ2) is 7.77. The molecule has 2 aromatic rings. The minimum absolute atomic E-state index is 0.294. The molecule has 0 radical (unpaired) electrons. The smallest absolute Gasteiger partial charge is 0.136 e. The number of nitrogens with zero attached hydrogens (tertiary/aromatic N) is 1. The zero-order valence-electron chi connectivity index (χ0n) is 12.7. The standard InChI is InChI=1S/C18H22FNO/c1-3-4-5-6-11-21-15-8-9-16(17(19)12-15)18-10-7-14(2)13-20-18/h7-10,12-13H,3-6,11H2,1-2H3. The van der Waals surface area contributed by atoms with E-state index in [9.17, 15) is 4.39 Å². The number of benzene rings is 1. The number of aryl methyl sites for hydroxylation is 1. The summed E-state index contributed by atoms with van der Waals surface area (Å²) in [7, 11) is 0. The zero-order chi connectivity index (χ0) is 15.1. The van der Waals surface area contributed by atoms with Crippen LogP contribution in [-0.2, 0) is 0 Å². The first-order valence-corrected chi connectivity index (χ1v) is 7.56. The molecule has 0 amide bonds. The zero-order valence-corrected chi connectivity index (χ0v) is 12.7. The van der Waals surface area contributed by atoms with Crippen LogP contribution < -0.4 is 4.74 Å². The van der Waals surface area contributed by atoms with Gasteiger partial charge in [0, 0.05) is 17.8 Å². The lowest BCUT2D eigenvalue weighted by Crippen LogP contribution is -1.98. The van der Waals surface area contributed by atoms with Gasteiger partial charge in [-0.25, -0.2) is 4.39 Å². The molecule has 2 rings (SSSR count). The summed E-state index contributed by atoms with van der Waals surface area (Å²) in [6.45, 7) is 4.78. The van der Waals surface area contributed by atoms with Gasteiger partial charge in [-0.2, -0.15) is 0 Å². The summed E-state index contributed by atoms with van der Waals surface area (Å²) in [5.74, 6) is 0.289. The van der Waals surface area contributed by atoms with E-state index < -0.39 is 0 Å². The largest absolute Gasteiger partial charge is 0.493 e. The van der Waals surface area contributed by atoms with E-state index in [1.54, 1.807) is 18.3 Å². The summed E-state index contributed by atoms with van der Waals surface area (Å²) < 4.78 is 19.7. The van der Waals surface area contributed by atoms with Crippen molar-refractivity contribution < 1.29 is 9.13 Å². The molecule has 0 bridgehead atoms. The van der Waals surface area contributed by atoms with E-state index in [4.69, 9.17) is 4.74 Å². The fourth-order valence-electron chi connectivity index (χ4n) is 2.14. The topological polar surface area (TPSA) is 22.1 Å². The summed E-state index contributed by atoms with van der Waals surface area (Å²) in [5.41, 5.74) is 2.21. The van der Waals surface area contributed by atoms with E-state index in [-0.39, 0.29) is 5.82 Å². The van der Waals surface area contributed by atoms with E-state index in [1.807, 2.05) is 19.1 Å². The van der Waals surface area contributed by atoms with Gasteiger partial charge >= 0.3 is 0 Å². The van der Waals surface area contributed by atoms with Gasteiger partial charge in [0.05, 0.1) is 12.3 Å². The Morgan fingerprint density at radius 3 is 2.62 bits per heavy atom. The Kier molecular flexibility index (Phi) is 5.73. The molecule has 1 heterocycles. The molecule has 0 saturated carbocycles. The van der Waals surface area contributed by atoms with E-state index in [2.05, 4.69) is 11.9 Å². The van der Waals surface area contributed by atoms with Crippen molar-refractivity contribution in [2.45, 2.75) is 39.5 Å². The van der Waals surface area contributed by atoms with Crippen LogP contribution in [0.15, 0.2) is 36.5 Å². The maximum absolute atomic E-state index is 14.1. The Morgan fingerprint density at radius 2 is 1.95 bits per heavy atom. The van der Waals surface area contributed by atoms with Gasteiger partial charge in [0.25, 0.3) is 0 Å². The minimum Gasteiger partial charge on any atom is -0.493 e. The van der Waals surface area contributed by atoms with Crippen LogP contribution in [0.4, 0.5) is 4.39 Å². The van der Waals surface area contributed by atoms with Crippen LogP contribution in [0.3, 0.4) is 0 Å². The van der Waals surface area contributed by atoms with Gasteiger partial charge in [0.2, 0.25) is 0 Å². The van der Waals surface area contributed by atoms with Gasteiger partial charge in [-0.05, 0) is 37.1 Å². The van der Waals surface area contributed by atoms with Crippen molar-refractivity contribution in [1.82, 2.24) is 4.98 Å². The van der Waals surface area contributed by atoms with Crippen LogP contribution in [0.25, 0.3) is 11.3 Å². The highest BCUT2D eigenvalue weighted by molar-refractivity contribution is 5.61. The second-order valence-electron chi connectivity index (χ2n) is 5.27. The number of hydrogen-bond acceptors (Lipinski definition) is 2. The van der Waals surface area contributed by atoms with Crippen molar-refractivity contribution in [1.29, 1.82) is 0 Å². The SMILES string of the molecule is CCCCCCOc1ccc(-c2ccc(C)cn2)c(F)c1. The van der Waals surface area contributed by atoms with E-state index >= 15 is 0 Å². The molecule has 21 heavy (non-hydrogen) atoms. The molecular weight excluding hydrogens is 265 g/mol. The third-order valence-electron chi connectivity index (χ3n) is 3.39. The highest BCUT2D eigenvalue weighted by atomic mass is 19.1. The predicted molar refractivity (Wildman–Crippen MR) is 84.0 cm³/mol. The predicted octanol–water partition coefficient (Wildman–Crippen LogP) is 5.16. The van der Waals surface area contributed by atoms with E-state index in [0.717, 1.165) is 18.4 Å². The van der Waals surface area contributed by atoms with Crippen LogP contribution >= 0.6 is 0 Å². The molecular formula is C18H22FNO. The first-order chi connectivity index (χ1) is 10.2. The third-order valence-corrected chi connectivity index (χ3v) is 3.39. The number of unbranched alkanes of at least 4 members (excludes halogenated alkanes) is 3. The van der Waals surface area contributed by atoms with Crippen molar-refractivity contribution in [3.8, 4) is 17.0 Å². The Balaban J connectivity index is 1.99. The Morgan fingerprint density at radius 1 is 1.10 bits per heavy atom. The van der Waals surface area contributed by atoms with Gasteiger partial charge in [-0.1, -0.05) is 32.3 Å². The molecule has 0 atom stereocenters. The van der Waals surface area contributed by atoms with Crippen molar-refractivity contribution >= 4 is 0 Å². The maximum atomic E-state index is 14.1. The highest BCUT2D eigenvalue weighted by Gasteiger charge is 2.07. The summed E-state index contributed by atoms with van der Waals surface area (Å²) in [5, 5.41) is 0. The Hall–Kier alpha value is -1.90. The second-order valence-corrected chi connectivity index (χ2v) is 5.27. The normalized spacial score (nSPS) is 10.6. The van der Waals surface area contributed by atoms with Gasteiger partial charge in [-0.3, -0.25) is 4.98 Å². The molecule has 0 aliphatic carbocycles. The molecule has 0 fully saturated rings. The number of aromatic nitrogens is 1. The van der Waals surface area contributed by atoms with Gasteiger partial charge in [0.15, 0.2) is 0 Å². The third kappa shape index (κ3) is 4.55. The molecule has 112 valence electrons. The fraction of sp³-hybridized carbons (Fsp3) is 0.389. The van der Waals surface area contributed by atoms with Crippen molar-refractivity contribution in [2.75, 3.05) is 6.61 Å².